The van der Waals surface area contributed by atoms with E-state index in [4.69, 9.17) is 16.3 Å². The molecule has 0 radical (unpaired) electrons. The monoisotopic (exact) mass is 395 g/mol. The highest BCUT2D eigenvalue weighted by molar-refractivity contribution is 7.85. The maximum Gasteiger partial charge on any atom is 0.410 e. The topological polar surface area (TPSA) is 72.4 Å². The molecule has 0 N–H and O–H groups in total. The zero-order chi connectivity index (χ0) is 18.9. The van der Waals surface area contributed by atoms with Crippen LogP contribution in [0.2, 0.25) is 5.15 Å². The number of hydrogen-bond donors (Lipinski definition) is 0. The predicted molar refractivity (Wildman–Crippen MR) is 102 cm³/mol. The maximum atomic E-state index is 13.0. The normalized spacial score (nSPS) is 17.3. The fraction of sp³-hybridized carbons (Fsp3) is 0.500. The number of carbonyl (C=O) groups is 1. The van der Waals surface area contributed by atoms with Crippen LogP contribution in [0.4, 0.5) is 4.79 Å². The van der Waals surface area contributed by atoms with Gasteiger partial charge in [-0.3, -0.25) is 4.21 Å². The first kappa shape index (κ1) is 19.0. The summed E-state index contributed by atoms with van der Waals surface area (Å²) in [5, 5.41) is 0.388. The smallest absolute Gasteiger partial charge is 0.410 e. The van der Waals surface area contributed by atoms with Crippen molar-refractivity contribution >= 4 is 39.5 Å². The molecule has 1 atom stereocenters. The van der Waals surface area contributed by atoms with Gasteiger partial charge in [-0.25, -0.2) is 14.8 Å². The Balaban J connectivity index is 1.69. The lowest BCUT2D eigenvalue weighted by Crippen LogP contribution is -2.43. The van der Waals surface area contributed by atoms with Crippen LogP contribution in [0.15, 0.2) is 29.3 Å². The van der Waals surface area contributed by atoms with Crippen molar-refractivity contribution < 1.29 is 13.7 Å². The highest BCUT2D eigenvalue weighted by Gasteiger charge is 2.31. The number of rotatable bonds is 2. The number of benzene rings is 1. The molecule has 8 heteroatoms. The van der Waals surface area contributed by atoms with Gasteiger partial charge in [0, 0.05) is 18.3 Å². The summed E-state index contributed by atoms with van der Waals surface area (Å²) in [5.74, 6) is 0. The largest absolute Gasteiger partial charge is 0.444 e. The Bertz CT molecular complexity index is 845. The molecule has 1 unspecified atom stereocenters. The van der Waals surface area contributed by atoms with Crippen LogP contribution >= 0.6 is 11.6 Å². The molecule has 0 spiro atoms. The summed E-state index contributed by atoms with van der Waals surface area (Å²) >= 11 is 6.22. The zero-order valence-corrected chi connectivity index (χ0v) is 16.6. The van der Waals surface area contributed by atoms with Crippen LogP contribution in [0.5, 0.6) is 0 Å². The Morgan fingerprint density at radius 2 is 1.77 bits per heavy atom. The van der Waals surface area contributed by atoms with Crippen molar-refractivity contribution in [3.63, 3.8) is 0 Å². The lowest BCUT2D eigenvalue weighted by atomic mass is 10.1. The summed E-state index contributed by atoms with van der Waals surface area (Å²) in [6, 6.07) is 7.36. The summed E-state index contributed by atoms with van der Waals surface area (Å²) in [7, 11) is -1.37. The van der Waals surface area contributed by atoms with Gasteiger partial charge in [-0.2, -0.15) is 0 Å². The Hall–Kier alpha value is -1.73. The summed E-state index contributed by atoms with van der Waals surface area (Å²) in [5.41, 5.74) is 0.828. The Morgan fingerprint density at radius 1 is 1.19 bits per heavy atom. The van der Waals surface area contributed by atoms with E-state index in [1.54, 1.807) is 4.90 Å². The number of hydrogen-bond acceptors (Lipinski definition) is 5. The van der Waals surface area contributed by atoms with Gasteiger partial charge < -0.3 is 9.64 Å². The van der Waals surface area contributed by atoms with E-state index in [1.165, 1.54) is 0 Å². The molecule has 1 amide bonds. The number of fused-ring (bicyclic) bond motifs is 1. The molecule has 26 heavy (non-hydrogen) atoms. The molecule has 0 bridgehead atoms. The Labute approximate surface area is 160 Å². The number of halogens is 1. The number of carbonyl (C=O) groups excluding carboxylic acids is 1. The standard InChI is InChI=1S/C18H22ClN3O3S/c1-18(2,3)25-17(23)22-10-8-12(9-11-22)26(24)16-15(19)20-13-6-4-5-7-14(13)21-16/h4-7,12H,8-11H2,1-3H3. The SMILES string of the molecule is CC(C)(C)OC(=O)N1CCC(S(=O)c2nc3ccccc3nc2Cl)CC1. The molecule has 140 valence electrons. The lowest BCUT2D eigenvalue weighted by molar-refractivity contribution is 0.0218. The molecule has 3 rings (SSSR count). The third-order valence-electron chi connectivity index (χ3n) is 4.09. The lowest BCUT2D eigenvalue weighted by Gasteiger charge is -2.33. The molecule has 1 aliphatic heterocycles. The molecule has 1 aromatic carbocycles. The summed E-state index contributed by atoms with van der Waals surface area (Å²) < 4.78 is 18.4. The van der Waals surface area contributed by atoms with E-state index in [1.807, 2.05) is 45.0 Å². The molecular weight excluding hydrogens is 374 g/mol. The summed E-state index contributed by atoms with van der Waals surface area (Å²) in [6.45, 7) is 6.53. The van der Waals surface area contributed by atoms with Crippen LogP contribution in [0.25, 0.3) is 11.0 Å². The van der Waals surface area contributed by atoms with Gasteiger partial charge in [0.15, 0.2) is 10.2 Å². The minimum Gasteiger partial charge on any atom is -0.444 e. The van der Waals surface area contributed by atoms with Crippen LogP contribution in [-0.4, -0.2) is 49.1 Å². The van der Waals surface area contributed by atoms with Gasteiger partial charge in [0.2, 0.25) is 0 Å². The van der Waals surface area contributed by atoms with Gasteiger partial charge in [0.05, 0.1) is 21.8 Å². The number of para-hydroxylation sites is 2. The van der Waals surface area contributed by atoms with E-state index in [2.05, 4.69) is 9.97 Å². The number of piperidine rings is 1. The van der Waals surface area contributed by atoms with Gasteiger partial charge in [0.1, 0.15) is 5.60 Å². The number of likely N-dealkylation sites (tertiary alicyclic amines) is 1. The van der Waals surface area contributed by atoms with Gasteiger partial charge in [0.25, 0.3) is 0 Å². The quantitative estimate of drug-likeness (QED) is 0.773. The first-order valence-electron chi connectivity index (χ1n) is 8.55. The van der Waals surface area contributed by atoms with E-state index in [0.29, 0.717) is 42.0 Å². The second-order valence-electron chi connectivity index (χ2n) is 7.27. The first-order valence-corrected chi connectivity index (χ1v) is 10.1. The molecule has 2 aromatic rings. The molecule has 1 aliphatic rings. The molecule has 6 nitrogen and oxygen atoms in total. The minimum atomic E-state index is -1.37. The van der Waals surface area contributed by atoms with Gasteiger partial charge in [-0.05, 0) is 45.7 Å². The first-order chi connectivity index (χ1) is 12.2. The van der Waals surface area contributed by atoms with E-state index in [-0.39, 0.29) is 16.5 Å². The maximum absolute atomic E-state index is 13.0. The van der Waals surface area contributed by atoms with Crippen LogP contribution in [0.1, 0.15) is 33.6 Å². The predicted octanol–water partition coefficient (Wildman–Crippen LogP) is 3.79. The number of nitrogens with zero attached hydrogens (tertiary/aromatic N) is 3. The molecule has 1 fully saturated rings. The van der Waals surface area contributed by atoms with Crippen molar-refractivity contribution in [2.45, 2.75) is 49.5 Å². The van der Waals surface area contributed by atoms with Crippen LogP contribution in [0, 0.1) is 0 Å². The minimum absolute atomic E-state index is 0.110. The summed E-state index contributed by atoms with van der Waals surface area (Å²) in [4.78, 5) is 22.6. The highest BCUT2D eigenvalue weighted by atomic mass is 35.5. The van der Waals surface area contributed by atoms with E-state index >= 15 is 0 Å². The molecular formula is C18H22ClN3O3S. The van der Waals surface area contributed by atoms with E-state index in [9.17, 15) is 9.00 Å². The van der Waals surface area contributed by atoms with Gasteiger partial charge in [-0.15, -0.1) is 0 Å². The van der Waals surface area contributed by atoms with Crippen molar-refractivity contribution in [1.29, 1.82) is 0 Å². The van der Waals surface area contributed by atoms with Crippen molar-refractivity contribution in [3.05, 3.63) is 29.4 Å². The van der Waals surface area contributed by atoms with Crippen molar-refractivity contribution in [1.82, 2.24) is 14.9 Å². The van der Waals surface area contributed by atoms with Crippen molar-refractivity contribution in [2.24, 2.45) is 0 Å². The summed E-state index contributed by atoms with van der Waals surface area (Å²) in [6.07, 6.45) is 0.887. The Kier molecular flexibility index (Phi) is 5.48. The molecule has 1 aromatic heterocycles. The van der Waals surface area contributed by atoms with Crippen LogP contribution in [0.3, 0.4) is 0 Å². The molecule has 1 saturated heterocycles. The van der Waals surface area contributed by atoms with Crippen molar-refractivity contribution in [3.8, 4) is 0 Å². The van der Waals surface area contributed by atoms with Gasteiger partial charge >= 0.3 is 6.09 Å². The third kappa shape index (κ3) is 4.32. The average Bonchev–Trinajstić information content (AvgIpc) is 2.59. The average molecular weight is 396 g/mol. The molecule has 2 heterocycles. The Morgan fingerprint density at radius 3 is 2.35 bits per heavy atom. The third-order valence-corrected chi connectivity index (χ3v) is 6.20. The fourth-order valence-corrected chi connectivity index (χ4v) is 4.54. The van der Waals surface area contributed by atoms with Crippen LogP contribution < -0.4 is 0 Å². The van der Waals surface area contributed by atoms with E-state index in [0.717, 1.165) is 0 Å². The second-order valence-corrected chi connectivity index (χ2v) is 9.28. The number of amides is 1. The molecule has 0 saturated carbocycles. The zero-order valence-electron chi connectivity index (χ0n) is 15.1. The van der Waals surface area contributed by atoms with Crippen LogP contribution in [-0.2, 0) is 15.5 Å². The van der Waals surface area contributed by atoms with E-state index < -0.39 is 16.4 Å². The number of aromatic nitrogens is 2. The second kappa shape index (κ2) is 7.48. The fourth-order valence-electron chi connectivity index (χ4n) is 2.83. The highest BCUT2D eigenvalue weighted by Crippen LogP contribution is 2.26. The molecule has 0 aliphatic carbocycles. The number of ether oxygens (including phenoxy) is 1. The van der Waals surface area contributed by atoms with Gasteiger partial charge in [-0.1, -0.05) is 23.7 Å². The van der Waals surface area contributed by atoms with Crippen molar-refractivity contribution in [2.75, 3.05) is 13.1 Å².